The second kappa shape index (κ2) is 6.52. The molecule has 0 spiro atoms. The van der Waals surface area contributed by atoms with Gasteiger partial charge in [-0.3, -0.25) is 9.59 Å². The molecule has 0 radical (unpaired) electrons. The van der Waals surface area contributed by atoms with Gasteiger partial charge in [-0.05, 0) is 57.3 Å². The number of aromatic nitrogens is 1. The van der Waals surface area contributed by atoms with Crippen molar-refractivity contribution in [2.24, 2.45) is 10.9 Å². The van der Waals surface area contributed by atoms with Crippen molar-refractivity contribution in [2.75, 3.05) is 0 Å². The molecule has 3 aliphatic rings. The maximum atomic E-state index is 12.3. The highest BCUT2D eigenvalue weighted by Gasteiger charge is 2.33. The first-order chi connectivity index (χ1) is 12.5. The molecule has 4 rings (SSSR count). The number of nitrogens with one attached hydrogen (secondary N) is 1. The topological polar surface area (TPSA) is 84.6 Å². The Labute approximate surface area is 151 Å². The predicted octanol–water partition coefficient (Wildman–Crippen LogP) is 2.87. The van der Waals surface area contributed by atoms with Crippen LogP contribution in [0.5, 0.6) is 0 Å². The number of rotatable bonds is 2. The summed E-state index contributed by atoms with van der Waals surface area (Å²) in [4.78, 5) is 28.9. The summed E-state index contributed by atoms with van der Waals surface area (Å²) in [6.45, 7) is 3.60. The molecule has 0 saturated carbocycles. The van der Waals surface area contributed by atoms with E-state index in [2.05, 4.69) is 15.5 Å². The van der Waals surface area contributed by atoms with E-state index in [1.54, 1.807) is 6.92 Å². The molecule has 134 valence electrons. The minimum Gasteiger partial charge on any atom is -0.361 e. The van der Waals surface area contributed by atoms with Gasteiger partial charge in [-0.25, -0.2) is 4.99 Å². The van der Waals surface area contributed by atoms with E-state index in [4.69, 9.17) is 4.52 Å². The van der Waals surface area contributed by atoms with E-state index in [1.807, 2.05) is 25.2 Å². The SMILES string of the molecule is Cc1noc(C)c1CC(=O)N=C1C=CC2C(=C1)NC(=O)C1=C2CCCC1. The fourth-order valence-electron chi connectivity index (χ4n) is 3.91. The zero-order valence-corrected chi connectivity index (χ0v) is 15.0. The number of aryl methyl sites for hydroxylation is 2. The van der Waals surface area contributed by atoms with Crippen LogP contribution in [0.3, 0.4) is 0 Å². The number of amides is 2. The molecule has 0 fully saturated rings. The summed E-state index contributed by atoms with van der Waals surface area (Å²) in [5, 5.41) is 6.84. The molecule has 2 amide bonds. The van der Waals surface area contributed by atoms with E-state index in [1.165, 1.54) is 5.57 Å². The Kier molecular flexibility index (Phi) is 4.18. The number of aliphatic imine (C=N–C) groups is 1. The Morgan fingerprint density at radius 1 is 1.35 bits per heavy atom. The maximum Gasteiger partial charge on any atom is 0.251 e. The molecule has 1 N–H and O–H groups in total. The highest BCUT2D eigenvalue weighted by molar-refractivity contribution is 6.11. The molecule has 6 nitrogen and oxygen atoms in total. The first-order valence-corrected chi connectivity index (χ1v) is 8.99. The van der Waals surface area contributed by atoms with Gasteiger partial charge in [0.15, 0.2) is 0 Å². The third kappa shape index (κ3) is 2.96. The summed E-state index contributed by atoms with van der Waals surface area (Å²) in [6, 6.07) is 0. The van der Waals surface area contributed by atoms with E-state index in [-0.39, 0.29) is 24.2 Å². The Morgan fingerprint density at radius 2 is 2.15 bits per heavy atom. The average Bonchev–Trinajstić information content (AvgIpc) is 2.94. The molecule has 1 aromatic heterocycles. The zero-order chi connectivity index (χ0) is 18.3. The van der Waals surface area contributed by atoms with Crippen molar-refractivity contribution in [1.82, 2.24) is 10.5 Å². The molecule has 26 heavy (non-hydrogen) atoms. The standard InChI is InChI=1S/C20H21N3O3/c1-11-17(12(2)26-23-11)10-19(24)21-13-7-8-15-14-5-3-4-6-16(14)20(25)22-18(15)9-13/h7-9,15H,3-6,10H2,1-2H3,(H,22,25). The minimum absolute atomic E-state index is 0.00102. The zero-order valence-electron chi connectivity index (χ0n) is 15.0. The van der Waals surface area contributed by atoms with Crippen molar-refractivity contribution >= 4 is 17.5 Å². The summed E-state index contributed by atoms with van der Waals surface area (Å²) in [5.74, 6) is 0.498. The molecule has 1 atom stereocenters. The molecular formula is C20H21N3O3. The van der Waals surface area contributed by atoms with Crippen LogP contribution in [0, 0.1) is 19.8 Å². The van der Waals surface area contributed by atoms with E-state index < -0.39 is 0 Å². The van der Waals surface area contributed by atoms with Crippen LogP contribution < -0.4 is 5.32 Å². The molecule has 2 aliphatic carbocycles. The number of fused-ring (bicyclic) bond motifs is 2. The Morgan fingerprint density at radius 3 is 2.92 bits per heavy atom. The summed E-state index contributed by atoms with van der Waals surface area (Å²) < 4.78 is 5.09. The smallest absolute Gasteiger partial charge is 0.251 e. The number of hydrogen-bond acceptors (Lipinski definition) is 4. The van der Waals surface area contributed by atoms with Gasteiger partial charge < -0.3 is 9.84 Å². The van der Waals surface area contributed by atoms with Gasteiger partial charge in [-0.2, -0.15) is 0 Å². The predicted molar refractivity (Wildman–Crippen MR) is 96.5 cm³/mol. The van der Waals surface area contributed by atoms with Crippen molar-refractivity contribution in [3.05, 3.63) is 52.1 Å². The normalized spacial score (nSPS) is 23.5. The molecule has 0 aromatic carbocycles. The van der Waals surface area contributed by atoms with Crippen LogP contribution in [0.25, 0.3) is 0 Å². The molecule has 2 heterocycles. The fraction of sp³-hybridized carbons (Fsp3) is 0.400. The summed E-state index contributed by atoms with van der Waals surface area (Å²) in [6.07, 6.45) is 9.90. The molecular weight excluding hydrogens is 330 g/mol. The quantitative estimate of drug-likeness (QED) is 0.888. The van der Waals surface area contributed by atoms with Crippen molar-refractivity contribution in [2.45, 2.75) is 46.0 Å². The number of hydrogen-bond donors (Lipinski definition) is 1. The van der Waals surface area contributed by atoms with Crippen LogP contribution in [0.2, 0.25) is 0 Å². The second-order valence-electron chi connectivity index (χ2n) is 7.01. The van der Waals surface area contributed by atoms with E-state index in [0.717, 1.165) is 42.5 Å². The highest BCUT2D eigenvalue weighted by atomic mass is 16.5. The van der Waals surface area contributed by atoms with Gasteiger partial charge in [0.05, 0.1) is 17.8 Å². The summed E-state index contributed by atoms with van der Waals surface area (Å²) in [7, 11) is 0. The van der Waals surface area contributed by atoms with Gasteiger partial charge in [-0.15, -0.1) is 0 Å². The number of nitrogens with zero attached hydrogens (tertiary/aromatic N) is 2. The van der Waals surface area contributed by atoms with Crippen molar-refractivity contribution in [3.63, 3.8) is 0 Å². The van der Waals surface area contributed by atoms with Gasteiger partial charge in [0.1, 0.15) is 5.76 Å². The maximum absolute atomic E-state index is 12.3. The van der Waals surface area contributed by atoms with Crippen molar-refractivity contribution < 1.29 is 14.1 Å². The number of carbonyl (C=O) groups excluding carboxylic acids is 2. The molecule has 1 aliphatic heterocycles. The van der Waals surface area contributed by atoms with Crippen molar-refractivity contribution in [1.29, 1.82) is 0 Å². The Hall–Kier alpha value is -2.76. The van der Waals surface area contributed by atoms with E-state index in [9.17, 15) is 9.59 Å². The molecule has 0 saturated heterocycles. The highest BCUT2D eigenvalue weighted by Crippen LogP contribution is 2.38. The van der Waals surface area contributed by atoms with Crippen LogP contribution in [-0.2, 0) is 16.0 Å². The molecule has 1 unspecified atom stereocenters. The molecule has 1 aromatic rings. The lowest BCUT2D eigenvalue weighted by molar-refractivity contribution is -0.118. The second-order valence-corrected chi connectivity index (χ2v) is 7.01. The summed E-state index contributed by atoms with van der Waals surface area (Å²) >= 11 is 0. The largest absolute Gasteiger partial charge is 0.361 e. The van der Waals surface area contributed by atoms with Gasteiger partial charge in [0.25, 0.3) is 11.8 Å². The Balaban J connectivity index is 1.56. The third-order valence-corrected chi connectivity index (χ3v) is 5.28. The third-order valence-electron chi connectivity index (χ3n) is 5.28. The monoisotopic (exact) mass is 351 g/mol. The van der Waals surface area contributed by atoms with Crippen molar-refractivity contribution in [3.8, 4) is 0 Å². The van der Waals surface area contributed by atoms with Crippen LogP contribution in [0.15, 0.2) is 44.6 Å². The van der Waals surface area contributed by atoms with Crippen LogP contribution in [0.1, 0.15) is 42.7 Å². The lowest BCUT2D eigenvalue weighted by Crippen LogP contribution is -2.37. The minimum atomic E-state index is -0.256. The average molecular weight is 351 g/mol. The lowest BCUT2D eigenvalue weighted by Gasteiger charge is -2.33. The van der Waals surface area contributed by atoms with Gasteiger partial charge in [-0.1, -0.05) is 11.2 Å². The number of carbonyl (C=O) groups is 2. The first kappa shape index (κ1) is 16.7. The lowest BCUT2D eigenvalue weighted by atomic mass is 9.77. The van der Waals surface area contributed by atoms with Crippen LogP contribution >= 0.6 is 0 Å². The van der Waals surface area contributed by atoms with Gasteiger partial charge in [0.2, 0.25) is 0 Å². The molecule has 6 heteroatoms. The van der Waals surface area contributed by atoms with Gasteiger partial charge in [0, 0.05) is 22.8 Å². The first-order valence-electron chi connectivity index (χ1n) is 8.99. The summed E-state index contributed by atoms with van der Waals surface area (Å²) in [5.41, 5.74) is 5.05. The van der Waals surface area contributed by atoms with E-state index >= 15 is 0 Å². The Bertz CT molecular complexity index is 895. The number of allylic oxidation sites excluding steroid dienone is 3. The van der Waals surface area contributed by atoms with Crippen LogP contribution in [-0.4, -0.2) is 22.7 Å². The van der Waals surface area contributed by atoms with E-state index in [0.29, 0.717) is 17.2 Å². The fourth-order valence-corrected chi connectivity index (χ4v) is 3.91. The molecule has 0 bridgehead atoms. The van der Waals surface area contributed by atoms with Crippen LogP contribution in [0.4, 0.5) is 0 Å². The van der Waals surface area contributed by atoms with Gasteiger partial charge >= 0.3 is 0 Å².